The van der Waals surface area contributed by atoms with Gasteiger partial charge in [-0.3, -0.25) is 5.43 Å². The molecule has 0 atom stereocenters. The third-order valence-electron chi connectivity index (χ3n) is 1.97. The third kappa shape index (κ3) is 2.82. The lowest BCUT2D eigenvalue weighted by atomic mass is 10.2. The van der Waals surface area contributed by atoms with Gasteiger partial charge in [0.15, 0.2) is 5.82 Å². The van der Waals surface area contributed by atoms with Crippen LogP contribution in [0.1, 0.15) is 5.56 Å². The number of anilines is 1. The Hall–Kier alpha value is -2.90. The van der Waals surface area contributed by atoms with Crippen molar-refractivity contribution in [3.8, 4) is 11.5 Å². The molecule has 0 saturated carbocycles. The van der Waals surface area contributed by atoms with E-state index in [-0.39, 0.29) is 17.3 Å². The maximum Gasteiger partial charge on any atom is 0.363 e. The minimum atomic E-state index is -0.595. The molecule has 2 rings (SSSR count). The second-order valence-electron chi connectivity index (χ2n) is 3.29. The summed E-state index contributed by atoms with van der Waals surface area (Å²) in [4.78, 5) is 14.4. The lowest BCUT2D eigenvalue weighted by Crippen LogP contribution is -2.13. The fourth-order valence-corrected chi connectivity index (χ4v) is 1.17. The topological polar surface area (TPSA) is 123 Å². The van der Waals surface area contributed by atoms with E-state index in [0.717, 1.165) is 0 Å². The van der Waals surface area contributed by atoms with Gasteiger partial charge in [-0.1, -0.05) is 0 Å². The second-order valence-corrected chi connectivity index (χ2v) is 3.29. The van der Waals surface area contributed by atoms with E-state index < -0.39 is 5.69 Å². The number of benzene rings is 1. The molecule has 0 radical (unpaired) electrons. The molecule has 1 heterocycles. The molecule has 8 heteroatoms. The average Bonchev–Trinajstić information content (AvgIpc) is 2.32. The van der Waals surface area contributed by atoms with Gasteiger partial charge in [-0.25, -0.2) is 9.89 Å². The number of nitrogens with one attached hydrogen (secondary N) is 2. The molecule has 92 valence electrons. The number of aromatic hydroxyl groups is 2. The number of phenols is 2. The van der Waals surface area contributed by atoms with Crippen molar-refractivity contribution in [2.45, 2.75) is 0 Å². The summed E-state index contributed by atoms with van der Waals surface area (Å²) in [6.45, 7) is 0. The fourth-order valence-electron chi connectivity index (χ4n) is 1.17. The van der Waals surface area contributed by atoms with Crippen LogP contribution >= 0.6 is 0 Å². The van der Waals surface area contributed by atoms with Crippen LogP contribution in [0.4, 0.5) is 5.82 Å². The molecule has 1 aromatic carbocycles. The SMILES string of the molecule is O=c1nc(N/N=C/c2ccc(O)cc2O)cn[nH]1. The Morgan fingerprint density at radius 3 is 2.94 bits per heavy atom. The Morgan fingerprint density at radius 2 is 2.22 bits per heavy atom. The van der Waals surface area contributed by atoms with Gasteiger partial charge in [0.2, 0.25) is 0 Å². The van der Waals surface area contributed by atoms with Gasteiger partial charge in [-0.05, 0) is 12.1 Å². The van der Waals surface area contributed by atoms with Crippen molar-refractivity contribution in [1.82, 2.24) is 15.2 Å². The highest BCUT2D eigenvalue weighted by atomic mass is 16.3. The first-order chi connectivity index (χ1) is 8.65. The third-order valence-corrected chi connectivity index (χ3v) is 1.97. The Morgan fingerprint density at radius 1 is 1.39 bits per heavy atom. The van der Waals surface area contributed by atoms with Gasteiger partial charge in [0, 0.05) is 11.6 Å². The molecule has 0 amide bonds. The molecule has 0 aliphatic rings. The first-order valence-corrected chi connectivity index (χ1v) is 4.88. The van der Waals surface area contributed by atoms with Crippen molar-refractivity contribution in [3.05, 3.63) is 40.4 Å². The maximum absolute atomic E-state index is 10.8. The van der Waals surface area contributed by atoms with Crippen molar-refractivity contribution in [1.29, 1.82) is 0 Å². The van der Waals surface area contributed by atoms with Crippen LogP contribution in [0.3, 0.4) is 0 Å². The predicted octanol–water partition coefficient (Wildman–Crippen LogP) is 0.0221. The number of rotatable bonds is 3. The van der Waals surface area contributed by atoms with Gasteiger partial charge in [0.1, 0.15) is 11.5 Å². The maximum atomic E-state index is 10.8. The van der Waals surface area contributed by atoms with Crippen LogP contribution < -0.4 is 11.1 Å². The first kappa shape index (κ1) is 11.6. The molecule has 0 spiro atoms. The number of nitrogens with zero attached hydrogens (tertiary/aromatic N) is 3. The van der Waals surface area contributed by atoms with Gasteiger partial charge >= 0.3 is 5.69 Å². The number of aromatic amines is 1. The Bertz CT molecular complexity index is 637. The number of phenolic OH excluding ortho intramolecular Hbond substituents is 2. The van der Waals surface area contributed by atoms with Crippen LogP contribution in [-0.4, -0.2) is 31.6 Å². The monoisotopic (exact) mass is 247 g/mol. The van der Waals surface area contributed by atoms with E-state index in [0.29, 0.717) is 5.56 Å². The normalized spacial score (nSPS) is 10.7. The number of hydrogen-bond acceptors (Lipinski definition) is 7. The molecular formula is C10H9N5O3. The van der Waals surface area contributed by atoms with E-state index in [1.165, 1.54) is 30.6 Å². The van der Waals surface area contributed by atoms with E-state index in [1.54, 1.807) is 0 Å². The molecule has 0 aliphatic carbocycles. The van der Waals surface area contributed by atoms with Crippen molar-refractivity contribution in [2.24, 2.45) is 5.10 Å². The molecule has 18 heavy (non-hydrogen) atoms. The molecule has 8 nitrogen and oxygen atoms in total. The minimum absolute atomic E-state index is 0.0435. The smallest absolute Gasteiger partial charge is 0.363 e. The van der Waals surface area contributed by atoms with E-state index in [1.807, 2.05) is 0 Å². The minimum Gasteiger partial charge on any atom is -0.508 e. The van der Waals surface area contributed by atoms with Gasteiger partial charge in [0.25, 0.3) is 0 Å². The average molecular weight is 247 g/mol. The molecule has 2 aromatic rings. The zero-order chi connectivity index (χ0) is 13.0. The Balaban J connectivity index is 2.10. The van der Waals surface area contributed by atoms with Crippen LogP contribution in [0.2, 0.25) is 0 Å². The van der Waals surface area contributed by atoms with Gasteiger partial charge in [0.05, 0.1) is 12.4 Å². The van der Waals surface area contributed by atoms with Crippen LogP contribution in [0.5, 0.6) is 11.5 Å². The van der Waals surface area contributed by atoms with Gasteiger partial charge in [-0.15, -0.1) is 0 Å². The van der Waals surface area contributed by atoms with E-state index in [4.69, 9.17) is 5.11 Å². The van der Waals surface area contributed by atoms with Crippen LogP contribution in [0, 0.1) is 0 Å². The van der Waals surface area contributed by atoms with Crippen LogP contribution in [0.15, 0.2) is 34.3 Å². The summed E-state index contributed by atoms with van der Waals surface area (Å²) in [6.07, 6.45) is 2.60. The van der Waals surface area contributed by atoms with Gasteiger partial charge < -0.3 is 10.2 Å². The Kier molecular flexibility index (Phi) is 3.19. The standard InChI is InChI=1S/C10H9N5O3/c16-7-2-1-6(8(17)3-7)4-11-14-9-5-12-15-10(18)13-9/h1-5,16-17H,(H2,13,14,15,18)/b11-4+. The molecule has 0 aliphatic heterocycles. The van der Waals surface area contributed by atoms with E-state index >= 15 is 0 Å². The van der Waals surface area contributed by atoms with Crippen molar-refractivity contribution >= 4 is 12.0 Å². The molecule has 0 unspecified atom stereocenters. The van der Waals surface area contributed by atoms with Crippen molar-refractivity contribution in [2.75, 3.05) is 5.43 Å². The summed E-state index contributed by atoms with van der Waals surface area (Å²) in [5.41, 5.74) is 2.28. The van der Waals surface area contributed by atoms with E-state index in [9.17, 15) is 9.90 Å². The lowest BCUT2D eigenvalue weighted by Gasteiger charge is -1.99. The highest BCUT2D eigenvalue weighted by Crippen LogP contribution is 2.20. The number of aromatic nitrogens is 3. The van der Waals surface area contributed by atoms with Crippen LogP contribution in [0.25, 0.3) is 0 Å². The highest BCUT2D eigenvalue weighted by molar-refractivity contribution is 5.84. The van der Waals surface area contributed by atoms with Gasteiger partial charge in [-0.2, -0.15) is 15.2 Å². The predicted molar refractivity (Wildman–Crippen MR) is 63.6 cm³/mol. The second kappa shape index (κ2) is 4.95. The summed E-state index contributed by atoms with van der Waals surface area (Å²) in [6, 6.07) is 4.09. The molecule has 4 N–H and O–H groups in total. The lowest BCUT2D eigenvalue weighted by molar-refractivity contribution is 0.450. The van der Waals surface area contributed by atoms with E-state index in [2.05, 4.69) is 25.7 Å². The van der Waals surface area contributed by atoms with Crippen molar-refractivity contribution in [3.63, 3.8) is 0 Å². The first-order valence-electron chi connectivity index (χ1n) is 4.88. The summed E-state index contributed by atoms with van der Waals surface area (Å²) >= 11 is 0. The quantitative estimate of drug-likeness (QED) is 0.448. The fraction of sp³-hybridized carbons (Fsp3) is 0. The summed E-state index contributed by atoms with van der Waals surface area (Å²) in [7, 11) is 0. The zero-order valence-corrected chi connectivity index (χ0v) is 9.03. The largest absolute Gasteiger partial charge is 0.508 e. The summed E-state index contributed by atoms with van der Waals surface area (Å²) in [5, 5.41) is 28.0. The highest BCUT2D eigenvalue weighted by Gasteiger charge is 1.99. The molecule has 0 fully saturated rings. The number of hydrazone groups is 1. The number of H-pyrrole nitrogens is 1. The van der Waals surface area contributed by atoms with Crippen molar-refractivity contribution < 1.29 is 10.2 Å². The molecule has 0 bridgehead atoms. The molecule has 0 saturated heterocycles. The molecular weight excluding hydrogens is 238 g/mol. The zero-order valence-electron chi connectivity index (χ0n) is 9.03. The molecule has 1 aromatic heterocycles. The Labute approximate surface area is 101 Å². The summed E-state index contributed by atoms with van der Waals surface area (Å²) in [5.74, 6) is 0.0175. The summed E-state index contributed by atoms with van der Waals surface area (Å²) < 4.78 is 0. The van der Waals surface area contributed by atoms with Crippen LogP contribution in [-0.2, 0) is 0 Å². The number of hydrogen-bond donors (Lipinski definition) is 4.